The molecule has 2 aliphatic rings. The first kappa shape index (κ1) is 18.1. The van der Waals surface area contributed by atoms with Crippen molar-refractivity contribution in [1.82, 2.24) is 14.8 Å². The number of aliphatic hydroxyl groups is 1. The van der Waals surface area contributed by atoms with Crippen LogP contribution in [0.15, 0.2) is 5.38 Å². The predicted octanol–water partition coefficient (Wildman–Crippen LogP) is 0.881. The van der Waals surface area contributed by atoms with Crippen molar-refractivity contribution in [1.29, 1.82) is 0 Å². The SMILES string of the molecule is Nc1nc(CCC(=O)N2CCC3(CCC(=O)N(CCO)C3)CC2)cs1. The van der Waals surface area contributed by atoms with Gasteiger partial charge >= 0.3 is 0 Å². The van der Waals surface area contributed by atoms with Gasteiger partial charge in [0.05, 0.1) is 12.3 Å². The summed E-state index contributed by atoms with van der Waals surface area (Å²) in [6.07, 6.45) is 4.40. The predicted molar refractivity (Wildman–Crippen MR) is 96.0 cm³/mol. The molecule has 1 aromatic rings. The molecule has 1 aromatic heterocycles. The maximum absolute atomic E-state index is 12.4. The molecule has 2 fully saturated rings. The molecule has 7 nitrogen and oxygen atoms in total. The quantitative estimate of drug-likeness (QED) is 0.806. The number of rotatable bonds is 5. The van der Waals surface area contributed by atoms with E-state index < -0.39 is 0 Å². The van der Waals surface area contributed by atoms with Crippen LogP contribution < -0.4 is 5.73 Å². The van der Waals surface area contributed by atoms with Gasteiger partial charge in [0.25, 0.3) is 0 Å². The minimum absolute atomic E-state index is 0.00750. The molecule has 25 heavy (non-hydrogen) atoms. The number of hydrogen-bond donors (Lipinski definition) is 2. The fourth-order valence-electron chi connectivity index (χ4n) is 3.90. The minimum Gasteiger partial charge on any atom is -0.395 e. The number of thiazole rings is 1. The molecule has 2 saturated heterocycles. The summed E-state index contributed by atoms with van der Waals surface area (Å²) in [5, 5.41) is 11.6. The Balaban J connectivity index is 1.49. The van der Waals surface area contributed by atoms with Crippen LogP contribution in [-0.2, 0) is 16.0 Å². The van der Waals surface area contributed by atoms with Crippen LogP contribution in [0.25, 0.3) is 0 Å². The summed E-state index contributed by atoms with van der Waals surface area (Å²) in [5.41, 5.74) is 6.62. The Labute approximate surface area is 151 Å². The summed E-state index contributed by atoms with van der Waals surface area (Å²) in [5.74, 6) is 0.307. The fourth-order valence-corrected chi connectivity index (χ4v) is 4.49. The fraction of sp³-hybridized carbons (Fsp3) is 0.706. The molecule has 138 valence electrons. The number of carbonyl (C=O) groups is 2. The molecule has 8 heteroatoms. The number of carbonyl (C=O) groups excluding carboxylic acids is 2. The number of piperidine rings is 2. The Kier molecular flexibility index (Phi) is 5.58. The monoisotopic (exact) mass is 366 g/mol. The van der Waals surface area contributed by atoms with Crippen molar-refractivity contribution in [2.24, 2.45) is 5.41 Å². The smallest absolute Gasteiger partial charge is 0.222 e. The number of aliphatic hydroxyl groups excluding tert-OH is 1. The maximum Gasteiger partial charge on any atom is 0.222 e. The molecular weight excluding hydrogens is 340 g/mol. The molecule has 0 saturated carbocycles. The molecule has 0 bridgehead atoms. The van der Waals surface area contributed by atoms with Crippen molar-refractivity contribution in [2.45, 2.75) is 38.5 Å². The summed E-state index contributed by atoms with van der Waals surface area (Å²) < 4.78 is 0. The van der Waals surface area contributed by atoms with E-state index in [9.17, 15) is 9.59 Å². The van der Waals surface area contributed by atoms with Crippen LogP contribution in [0.5, 0.6) is 0 Å². The lowest BCUT2D eigenvalue weighted by molar-refractivity contribution is -0.143. The Morgan fingerprint density at radius 1 is 1.36 bits per heavy atom. The van der Waals surface area contributed by atoms with Crippen molar-refractivity contribution >= 4 is 28.3 Å². The van der Waals surface area contributed by atoms with Crippen LogP contribution in [0.3, 0.4) is 0 Å². The third-order valence-corrected chi connectivity index (χ3v) is 6.18. The number of nitrogen functional groups attached to an aromatic ring is 1. The maximum atomic E-state index is 12.4. The Bertz CT molecular complexity index is 625. The summed E-state index contributed by atoms with van der Waals surface area (Å²) in [4.78, 5) is 32.3. The van der Waals surface area contributed by atoms with Crippen LogP contribution in [0, 0.1) is 5.41 Å². The Morgan fingerprint density at radius 2 is 2.12 bits per heavy atom. The normalized spacial score (nSPS) is 20.3. The van der Waals surface area contributed by atoms with Crippen molar-refractivity contribution < 1.29 is 14.7 Å². The number of nitrogens with two attached hydrogens (primary N) is 1. The molecule has 3 N–H and O–H groups in total. The van der Waals surface area contributed by atoms with E-state index >= 15 is 0 Å². The van der Waals surface area contributed by atoms with Gasteiger partial charge in [-0.2, -0.15) is 0 Å². The molecule has 0 atom stereocenters. The highest BCUT2D eigenvalue weighted by atomic mass is 32.1. The third-order valence-electron chi connectivity index (χ3n) is 5.46. The number of likely N-dealkylation sites (tertiary alicyclic amines) is 2. The van der Waals surface area contributed by atoms with Gasteiger partial charge in [0.1, 0.15) is 0 Å². The lowest BCUT2D eigenvalue weighted by atomic mass is 9.72. The second kappa shape index (κ2) is 7.70. The molecule has 2 aliphatic heterocycles. The molecule has 1 spiro atoms. The number of β-amino-alcohol motifs (C(OH)–C–C–N with tert-alkyl or cyclic N) is 1. The van der Waals surface area contributed by atoms with Crippen LogP contribution in [0.4, 0.5) is 5.13 Å². The van der Waals surface area contributed by atoms with E-state index in [-0.39, 0.29) is 23.8 Å². The van der Waals surface area contributed by atoms with Crippen molar-refractivity contribution in [2.75, 3.05) is 38.5 Å². The van der Waals surface area contributed by atoms with Crippen LogP contribution in [0.2, 0.25) is 0 Å². The van der Waals surface area contributed by atoms with Gasteiger partial charge in [-0.3, -0.25) is 9.59 Å². The van der Waals surface area contributed by atoms with Crippen molar-refractivity contribution in [3.63, 3.8) is 0 Å². The van der Waals surface area contributed by atoms with Crippen LogP contribution in [0.1, 0.15) is 37.8 Å². The highest BCUT2D eigenvalue weighted by Crippen LogP contribution is 2.40. The highest BCUT2D eigenvalue weighted by Gasteiger charge is 2.41. The van der Waals surface area contributed by atoms with Gasteiger partial charge in [0.2, 0.25) is 11.8 Å². The minimum atomic E-state index is 0.00750. The number of amides is 2. The van der Waals surface area contributed by atoms with E-state index in [2.05, 4.69) is 4.98 Å². The number of aryl methyl sites for hydroxylation is 1. The highest BCUT2D eigenvalue weighted by molar-refractivity contribution is 7.13. The first-order valence-electron chi connectivity index (χ1n) is 8.88. The van der Waals surface area contributed by atoms with Crippen LogP contribution >= 0.6 is 11.3 Å². The number of anilines is 1. The Hall–Kier alpha value is -1.67. The third kappa shape index (κ3) is 4.30. The second-order valence-electron chi connectivity index (χ2n) is 7.10. The zero-order chi connectivity index (χ0) is 17.9. The van der Waals surface area contributed by atoms with Gasteiger partial charge in [-0.05, 0) is 31.1 Å². The molecule has 0 unspecified atom stereocenters. The summed E-state index contributed by atoms with van der Waals surface area (Å²) >= 11 is 1.40. The van der Waals surface area contributed by atoms with E-state index in [1.54, 1.807) is 4.90 Å². The molecule has 0 aromatic carbocycles. The number of hydrogen-bond acceptors (Lipinski definition) is 6. The van der Waals surface area contributed by atoms with Gasteiger partial charge in [-0.15, -0.1) is 11.3 Å². The molecule has 0 aliphatic carbocycles. The first-order valence-corrected chi connectivity index (χ1v) is 9.76. The van der Waals surface area contributed by atoms with Gasteiger partial charge in [0, 0.05) is 44.4 Å². The lowest BCUT2D eigenvalue weighted by Crippen LogP contribution is -2.52. The van der Waals surface area contributed by atoms with Gasteiger partial charge in [-0.1, -0.05) is 0 Å². The number of aromatic nitrogens is 1. The van der Waals surface area contributed by atoms with Gasteiger partial charge in [-0.25, -0.2) is 4.98 Å². The zero-order valence-corrected chi connectivity index (χ0v) is 15.3. The van der Waals surface area contributed by atoms with Crippen molar-refractivity contribution in [3.05, 3.63) is 11.1 Å². The molecular formula is C17H26N4O3S. The summed E-state index contributed by atoms with van der Waals surface area (Å²) in [6, 6.07) is 0. The molecule has 2 amide bonds. The second-order valence-corrected chi connectivity index (χ2v) is 7.99. The number of nitrogens with zero attached hydrogens (tertiary/aromatic N) is 3. The average molecular weight is 366 g/mol. The van der Waals surface area contributed by atoms with E-state index in [4.69, 9.17) is 10.8 Å². The first-order chi connectivity index (χ1) is 12.0. The van der Waals surface area contributed by atoms with Gasteiger partial charge in [0.15, 0.2) is 5.13 Å². The van der Waals surface area contributed by atoms with Crippen LogP contribution in [-0.4, -0.2) is 64.5 Å². The lowest BCUT2D eigenvalue weighted by Gasteiger charge is -2.47. The van der Waals surface area contributed by atoms with E-state index in [0.717, 1.165) is 38.0 Å². The van der Waals surface area contributed by atoms with E-state index in [1.807, 2.05) is 10.3 Å². The zero-order valence-electron chi connectivity index (χ0n) is 14.4. The Morgan fingerprint density at radius 3 is 2.76 bits per heavy atom. The van der Waals surface area contributed by atoms with E-state index in [1.165, 1.54) is 11.3 Å². The molecule has 3 rings (SSSR count). The largest absolute Gasteiger partial charge is 0.395 e. The topological polar surface area (TPSA) is 99.8 Å². The molecule has 3 heterocycles. The average Bonchev–Trinajstić information content (AvgIpc) is 3.03. The standard InChI is InChI=1S/C17H26N4O3S/c18-16-19-13(11-25-16)1-2-14(23)20-7-5-17(6-8-20)4-3-15(24)21(12-17)9-10-22/h11,22H,1-10,12H2,(H2,18,19). The van der Waals surface area contributed by atoms with E-state index in [0.29, 0.717) is 37.5 Å². The summed E-state index contributed by atoms with van der Waals surface area (Å²) in [6.45, 7) is 2.64. The van der Waals surface area contributed by atoms with Crippen molar-refractivity contribution in [3.8, 4) is 0 Å². The summed E-state index contributed by atoms with van der Waals surface area (Å²) in [7, 11) is 0. The van der Waals surface area contributed by atoms with Gasteiger partial charge < -0.3 is 20.6 Å². The molecule has 0 radical (unpaired) electrons.